The summed E-state index contributed by atoms with van der Waals surface area (Å²) in [5, 5.41) is 2.84. The second kappa shape index (κ2) is 6.23. The molecule has 1 atom stereocenters. The van der Waals surface area contributed by atoms with Crippen LogP contribution in [0.25, 0.3) is 0 Å². The number of nitrogens with zero attached hydrogens (tertiary/aromatic N) is 1. The topological polar surface area (TPSA) is 68.0 Å². The van der Waals surface area contributed by atoms with Crippen molar-refractivity contribution in [3.05, 3.63) is 24.0 Å². The molecule has 88 valence electrons. The number of carbonyl (C=O) groups excluding carboxylic acids is 1. The molecule has 0 bridgehead atoms. The molecule has 1 heterocycles. The molecule has 0 saturated carbocycles. The summed E-state index contributed by atoms with van der Waals surface area (Å²) < 4.78 is 0. The van der Waals surface area contributed by atoms with E-state index >= 15 is 0 Å². The summed E-state index contributed by atoms with van der Waals surface area (Å²) in [7, 11) is 0. The van der Waals surface area contributed by atoms with Gasteiger partial charge < -0.3 is 11.1 Å². The zero-order chi connectivity index (χ0) is 12.0. The van der Waals surface area contributed by atoms with E-state index in [-0.39, 0.29) is 11.9 Å². The standard InChI is InChI=1S/C12H19N3O/c1-3-4-10(13)7-12(16)15-11-5-6-14-8-9(11)2/h5-6,8,10H,3-4,7,13H2,1-2H3,(H,14,15,16). The number of rotatable bonds is 5. The van der Waals surface area contributed by atoms with Gasteiger partial charge in [0, 0.05) is 30.5 Å². The first-order valence-electron chi connectivity index (χ1n) is 5.59. The Balaban J connectivity index is 2.49. The van der Waals surface area contributed by atoms with Crippen molar-refractivity contribution < 1.29 is 4.79 Å². The van der Waals surface area contributed by atoms with Crippen LogP contribution in [-0.4, -0.2) is 16.9 Å². The number of aromatic nitrogens is 1. The Hall–Kier alpha value is -1.42. The summed E-state index contributed by atoms with van der Waals surface area (Å²) in [5.41, 5.74) is 7.57. The number of aryl methyl sites for hydroxylation is 1. The lowest BCUT2D eigenvalue weighted by Crippen LogP contribution is -2.27. The van der Waals surface area contributed by atoms with Gasteiger partial charge in [0.05, 0.1) is 0 Å². The van der Waals surface area contributed by atoms with Crippen LogP contribution in [0.1, 0.15) is 31.7 Å². The zero-order valence-electron chi connectivity index (χ0n) is 9.86. The lowest BCUT2D eigenvalue weighted by Gasteiger charge is -2.11. The summed E-state index contributed by atoms with van der Waals surface area (Å²) in [4.78, 5) is 15.6. The van der Waals surface area contributed by atoms with E-state index in [1.807, 2.05) is 6.92 Å². The molecule has 0 spiro atoms. The van der Waals surface area contributed by atoms with Gasteiger partial charge in [0.25, 0.3) is 0 Å². The number of nitrogens with two attached hydrogens (primary N) is 1. The third-order valence-electron chi connectivity index (χ3n) is 2.40. The van der Waals surface area contributed by atoms with Gasteiger partial charge in [-0.2, -0.15) is 0 Å². The van der Waals surface area contributed by atoms with Crippen molar-refractivity contribution in [3.8, 4) is 0 Å². The van der Waals surface area contributed by atoms with E-state index in [2.05, 4.69) is 17.2 Å². The third-order valence-corrected chi connectivity index (χ3v) is 2.40. The highest BCUT2D eigenvalue weighted by atomic mass is 16.1. The van der Waals surface area contributed by atoms with E-state index < -0.39 is 0 Å². The van der Waals surface area contributed by atoms with E-state index in [4.69, 9.17) is 5.73 Å². The molecule has 1 unspecified atom stereocenters. The fourth-order valence-electron chi connectivity index (χ4n) is 1.53. The summed E-state index contributed by atoms with van der Waals surface area (Å²) in [6.07, 6.45) is 5.64. The predicted octanol–water partition coefficient (Wildman–Crippen LogP) is 1.85. The SMILES string of the molecule is CCCC(N)CC(=O)Nc1ccncc1C. The number of pyridine rings is 1. The normalized spacial score (nSPS) is 12.2. The Bertz CT molecular complexity index is 352. The molecule has 0 aliphatic heterocycles. The van der Waals surface area contributed by atoms with Gasteiger partial charge in [0.15, 0.2) is 0 Å². The van der Waals surface area contributed by atoms with Gasteiger partial charge in [-0.1, -0.05) is 13.3 Å². The minimum absolute atomic E-state index is 0.0322. The quantitative estimate of drug-likeness (QED) is 0.797. The molecule has 16 heavy (non-hydrogen) atoms. The predicted molar refractivity (Wildman–Crippen MR) is 65.1 cm³/mol. The highest BCUT2D eigenvalue weighted by Gasteiger charge is 2.09. The molecule has 0 aromatic carbocycles. The van der Waals surface area contributed by atoms with Crippen molar-refractivity contribution >= 4 is 11.6 Å². The highest BCUT2D eigenvalue weighted by Crippen LogP contribution is 2.12. The van der Waals surface area contributed by atoms with Gasteiger partial charge in [0.2, 0.25) is 5.91 Å². The minimum atomic E-state index is -0.0489. The Morgan fingerprint density at radius 1 is 1.62 bits per heavy atom. The Kier molecular flexibility index (Phi) is 4.92. The molecule has 4 heteroatoms. The van der Waals surface area contributed by atoms with Gasteiger partial charge in [-0.15, -0.1) is 0 Å². The number of amides is 1. The molecule has 3 N–H and O–H groups in total. The van der Waals surface area contributed by atoms with Crippen LogP contribution in [0.5, 0.6) is 0 Å². The van der Waals surface area contributed by atoms with Crippen molar-refractivity contribution in [1.29, 1.82) is 0 Å². The lowest BCUT2D eigenvalue weighted by molar-refractivity contribution is -0.116. The largest absolute Gasteiger partial charge is 0.327 e. The molecule has 0 radical (unpaired) electrons. The van der Waals surface area contributed by atoms with Crippen LogP contribution in [-0.2, 0) is 4.79 Å². The van der Waals surface area contributed by atoms with E-state index in [0.29, 0.717) is 6.42 Å². The molecule has 0 saturated heterocycles. The van der Waals surface area contributed by atoms with Crippen LogP contribution in [0.2, 0.25) is 0 Å². The van der Waals surface area contributed by atoms with E-state index in [0.717, 1.165) is 24.1 Å². The van der Waals surface area contributed by atoms with Crippen LogP contribution < -0.4 is 11.1 Å². The molecule has 0 aliphatic carbocycles. The molecular formula is C12H19N3O. The van der Waals surface area contributed by atoms with Crippen LogP contribution >= 0.6 is 0 Å². The van der Waals surface area contributed by atoms with Crippen molar-refractivity contribution in [2.45, 2.75) is 39.2 Å². The first-order valence-corrected chi connectivity index (χ1v) is 5.59. The number of nitrogens with one attached hydrogen (secondary N) is 1. The highest BCUT2D eigenvalue weighted by molar-refractivity contribution is 5.91. The zero-order valence-corrected chi connectivity index (χ0v) is 9.86. The summed E-state index contributed by atoms with van der Waals surface area (Å²) in [5.74, 6) is -0.0322. The number of hydrogen-bond acceptors (Lipinski definition) is 3. The fourth-order valence-corrected chi connectivity index (χ4v) is 1.53. The van der Waals surface area contributed by atoms with Crippen molar-refractivity contribution in [1.82, 2.24) is 4.98 Å². The van der Waals surface area contributed by atoms with Gasteiger partial charge in [-0.3, -0.25) is 9.78 Å². The van der Waals surface area contributed by atoms with Gasteiger partial charge in [-0.05, 0) is 25.0 Å². The molecule has 0 aliphatic rings. The van der Waals surface area contributed by atoms with E-state index in [1.165, 1.54) is 0 Å². The molecule has 4 nitrogen and oxygen atoms in total. The Labute approximate surface area is 96.3 Å². The van der Waals surface area contributed by atoms with Gasteiger partial charge >= 0.3 is 0 Å². The van der Waals surface area contributed by atoms with Crippen LogP contribution in [0, 0.1) is 6.92 Å². The van der Waals surface area contributed by atoms with Crippen LogP contribution in [0.4, 0.5) is 5.69 Å². The molecule has 1 rings (SSSR count). The maximum atomic E-state index is 11.6. The van der Waals surface area contributed by atoms with Crippen molar-refractivity contribution in [2.75, 3.05) is 5.32 Å². The average molecular weight is 221 g/mol. The van der Waals surface area contributed by atoms with Crippen molar-refractivity contribution in [3.63, 3.8) is 0 Å². The van der Waals surface area contributed by atoms with Crippen molar-refractivity contribution in [2.24, 2.45) is 5.73 Å². The minimum Gasteiger partial charge on any atom is -0.327 e. The first-order chi connectivity index (χ1) is 7.63. The maximum absolute atomic E-state index is 11.6. The molecular weight excluding hydrogens is 202 g/mol. The lowest BCUT2D eigenvalue weighted by atomic mass is 10.1. The summed E-state index contributed by atoms with van der Waals surface area (Å²) in [6.45, 7) is 3.97. The third kappa shape index (κ3) is 3.98. The average Bonchev–Trinajstić information content (AvgIpc) is 2.21. The van der Waals surface area contributed by atoms with Gasteiger partial charge in [0.1, 0.15) is 0 Å². The Morgan fingerprint density at radius 2 is 2.38 bits per heavy atom. The first kappa shape index (κ1) is 12.6. The molecule has 0 fully saturated rings. The Morgan fingerprint density at radius 3 is 3.00 bits per heavy atom. The van der Waals surface area contributed by atoms with E-state index in [1.54, 1.807) is 18.5 Å². The summed E-state index contributed by atoms with van der Waals surface area (Å²) >= 11 is 0. The monoisotopic (exact) mass is 221 g/mol. The molecule has 1 aromatic rings. The number of anilines is 1. The van der Waals surface area contributed by atoms with Gasteiger partial charge in [-0.25, -0.2) is 0 Å². The maximum Gasteiger partial charge on any atom is 0.225 e. The number of carbonyl (C=O) groups is 1. The van der Waals surface area contributed by atoms with E-state index in [9.17, 15) is 4.79 Å². The fraction of sp³-hybridized carbons (Fsp3) is 0.500. The number of hydrogen-bond donors (Lipinski definition) is 2. The van der Waals surface area contributed by atoms with Crippen LogP contribution in [0.3, 0.4) is 0 Å². The summed E-state index contributed by atoms with van der Waals surface area (Å²) in [6, 6.07) is 1.74. The second-order valence-corrected chi connectivity index (χ2v) is 3.99. The molecule has 1 amide bonds. The smallest absolute Gasteiger partial charge is 0.225 e. The second-order valence-electron chi connectivity index (χ2n) is 3.99. The van der Waals surface area contributed by atoms with Crippen LogP contribution in [0.15, 0.2) is 18.5 Å². The molecule has 1 aromatic heterocycles.